The van der Waals surface area contributed by atoms with Crippen molar-refractivity contribution >= 4 is 6.03 Å². The van der Waals surface area contributed by atoms with Gasteiger partial charge in [-0.1, -0.05) is 18.2 Å². The quantitative estimate of drug-likeness (QED) is 0.815. The van der Waals surface area contributed by atoms with Crippen LogP contribution in [0.2, 0.25) is 0 Å². The van der Waals surface area contributed by atoms with Crippen LogP contribution in [0, 0.1) is 0 Å². The molecule has 1 heterocycles. The monoisotopic (exact) mass is 271 g/mol. The van der Waals surface area contributed by atoms with Crippen molar-refractivity contribution in [2.24, 2.45) is 0 Å². The van der Waals surface area contributed by atoms with Gasteiger partial charge in [0.25, 0.3) is 0 Å². The number of aromatic nitrogens is 3. The summed E-state index contributed by atoms with van der Waals surface area (Å²) in [6.07, 6.45) is 4.76. The van der Waals surface area contributed by atoms with Crippen molar-refractivity contribution in [1.29, 1.82) is 0 Å². The van der Waals surface area contributed by atoms with Gasteiger partial charge in [-0.3, -0.25) is 0 Å². The van der Waals surface area contributed by atoms with Gasteiger partial charge in [0.2, 0.25) is 0 Å². The number of rotatable bonds is 5. The lowest BCUT2D eigenvalue weighted by atomic mass is 10.1. The summed E-state index contributed by atoms with van der Waals surface area (Å²) in [6, 6.07) is 7.49. The van der Waals surface area contributed by atoms with E-state index in [-0.39, 0.29) is 12.1 Å². The summed E-state index contributed by atoms with van der Waals surface area (Å²) in [4.78, 5) is 15.4. The lowest BCUT2D eigenvalue weighted by molar-refractivity contribution is 0.239. The molecule has 2 amide bonds. The van der Waals surface area contributed by atoms with Crippen LogP contribution in [0.15, 0.2) is 49.6 Å². The Bertz CT molecular complexity index is 562. The molecule has 0 fully saturated rings. The fraction of sp³-hybridized carbons (Fsp3) is 0.214. The van der Waals surface area contributed by atoms with Crippen LogP contribution in [-0.2, 0) is 0 Å². The molecule has 6 heteroatoms. The van der Waals surface area contributed by atoms with Gasteiger partial charge in [-0.15, -0.1) is 6.58 Å². The van der Waals surface area contributed by atoms with Gasteiger partial charge < -0.3 is 10.6 Å². The lowest BCUT2D eigenvalue weighted by Crippen LogP contribution is -2.37. The van der Waals surface area contributed by atoms with Gasteiger partial charge in [-0.25, -0.2) is 14.5 Å². The van der Waals surface area contributed by atoms with Crippen molar-refractivity contribution in [2.75, 3.05) is 6.54 Å². The molecule has 104 valence electrons. The Balaban J connectivity index is 1.99. The second-order valence-electron chi connectivity index (χ2n) is 4.30. The molecule has 0 aliphatic heterocycles. The van der Waals surface area contributed by atoms with Gasteiger partial charge in [0, 0.05) is 6.54 Å². The largest absolute Gasteiger partial charge is 0.335 e. The maximum atomic E-state index is 11.5. The van der Waals surface area contributed by atoms with Crippen LogP contribution < -0.4 is 10.6 Å². The van der Waals surface area contributed by atoms with E-state index >= 15 is 0 Å². The van der Waals surface area contributed by atoms with Crippen LogP contribution in [-0.4, -0.2) is 27.3 Å². The lowest BCUT2D eigenvalue weighted by Gasteiger charge is -2.15. The van der Waals surface area contributed by atoms with Gasteiger partial charge in [-0.2, -0.15) is 5.10 Å². The molecular weight excluding hydrogens is 254 g/mol. The Kier molecular flexibility index (Phi) is 4.49. The molecule has 2 rings (SSSR count). The first-order valence-corrected chi connectivity index (χ1v) is 6.31. The summed E-state index contributed by atoms with van der Waals surface area (Å²) in [6.45, 7) is 5.92. The average Bonchev–Trinajstić information content (AvgIpc) is 2.99. The van der Waals surface area contributed by atoms with Gasteiger partial charge in [0.15, 0.2) is 0 Å². The minimum atomic E-state index is -0.210. The van der Waals surface area contributed by atoms with Crippen LogP contribution >= 0.6 is 0 Å². The normalized spacial score (nSPS) is 11.7. The molecule has 0 saturated carbocycles. The molecule has 0 saturated heterocycles. The van der Waals surface area contributed by atoms with Crippen LogP contribution in [0.1, 0.15) is 18.5 Å². The van der Waals surface area contributed by atoms with E-state index < -0.39 is 0 Å². The van der Waals surface area contributed by atoms with E-state index in [1.807, 2.05) is 31.2 Å². The summed E-state index contributed by atoms with van der Waals surface area (Å²) in [5.74, 6) is 0. The number of urea groups is 1. The maximum Gasteiger partial charge on any atom is 0.315 e. The molecule has 1 atom stereocenters. The third-order valence-electron chi connectivity index (χ3n) is 2.83. The van der Waals surface area contributed by atoms with Crippen LogP contribution in [0.3, 0.4) is 0 Å². The molecule has 2 aromatic rings. The first kappa shape index (κ1) is 13.8. The second-order valence-corrected chi connectivity index (χ2v) is 4.30. The Morgan fingerprint density at radius 2 is 2.20 bits per heavy atom. The van der Waals surface area contributed by atoms with E-state index in [0.29, 0.717) is 6.54 Å². The summed E-state index contributed by atoms with van der Waals surface area (Å²) in [5.41, 5.74) is 1.94. The topological polar surface area (TPSA) is 71.8 Å². The van der Waals surface area contributed by atoms with Crippen molar-refractivity contribution in [2.45, 2.75) is 13.0 Å². The van der Waals surface area contributed by atoms with Crippen molar-refractivity contribution in [1.82, 2.24) is 25.4 Å². The minimum Gasteiger partial charge on any atom is -0.335 e. The second kappa shape index (κ2) is 6.51. The molecule has 0 aliphatic carbocycles. The Labute approximate surface area is 117 Å². The standard InChI is InChI=1S/C14H17N5O/c1-3-8-16-14(20)18-11(2)12-4-6-13(7-5-12)19-10-15-9-17-19/h3-7,9-11H,1,8H2,2H3,(H2,16,18,20). The van der Waals surface area contributed by atoms with Gasteiger partial charge in [0.1, 0.15) is 12.7 Å². The number of hydrogen-bond donors (Lipinski definition) is 2. The van der Waals surface area contributed by atoms with Crippen molar-refractivity contribution < 1.29 is 4.79 Å². The third-order valence-corrected chi connectivity index (χ3v) is 2.83. The van der Waals surface area contributed by atoms with Gasteiger partial charge in [0.05, 0.1) is 11.7 Å². The van der Waals surface area contributed by atoms with E-state index in [2.05, 4.69) is 27.3 Å². The summed E-state index contributed by atoms with van der Waals surface area (Å²) in [5, 5.41) is 9.59. The minimum absolute atomic E-state index is 0.0791. The molecule has 1 aromatic heterocycles. The van der Waals surface area contributed by atoms with E-state index in [0.717, 1.165) is 11.3 Å². The SMILES string of the molecule is C=CCNC(=O)NC(C)c1ccc(-n2cncn2)cc1. The Hall–Kier alpha value is -2.63. The van der Waals surface area contributed by atoms with Crippen molar-refractivity contribution in [3.05, 3.63) is 55.1 Å². The zero-order valence-electron chi connectivity index (χ0n) is 11.3. The smallest absolute Gasteiger partial charge is 0.315 e. The highest BCUT2D eigenvalue weighted by Crippen LogP contribution is 2.14. The predicted octanol–water partition coefficient (Wildman–Crippen LogP) is 1.81. The molecule has 0 aliphatic rings. The van der Waals surface area contributed by atoms with Crippen molar-refractivity contribution in [3.63, 3.8) is 0 Å². The Morgan fingerprint density at radius 3 is 2.80 bits per heavy atom. The number of amides is 2. The zero-order chi connectivity index (χ0) is 14.4. The summed E-state index contributed by atoms with van der Waals surface area (Å²) < 4.78 is 1.68. The van der Waals surface area contributed by atoms with Crippen molar-refractivity contribution in [3.8, 4) is 5.69 Å². The van der Waals surface area contributed by atoms with Crippen LogP contribution in [0.4, 0.5) is 4.79 Å². The molecule has 0 bridgehead atoms. The van der Waals surface area contributed by atoms with Crippen LogP contribution in [0.25, 0.3) is 5.69 Å². The molecule has 0 spiro atoms. The zero-order valence-corrected chi connectivity index (χ0v) is 11.3. The molecule has 1 unspecified atom stereocenters. The first-order chi connectivity index (χ1) is 9.70. The summed E-state index contributed by atoms with van der Waals surface area (Å²) in [7, 11) is 0. The van der Waals surface area contributed by atoms with E-state index in [9.17, 15) is 4.79 Å². The molecule has 0 radical (unpaired) electrons. The van der Waals surface area contributed by atoms with E-state index in [1.165, 1.54) is 6.33 Å². The molecular formula is C14H17N5O. The third kappa shape index (κ3) is 3.44. The first-order valence-electron chi connectivity index (χ1n) is 6.31. The summed E-state index contributed by atoms with van der Waals surface area (Å²) >= 11 is 0. The fourth-order valence-electron chi connectivity index (χ4n) is 1.75. The molecule has 6 nitrogen and oxygen atoms in total. The molecule has 2 N–H and O–H groups in total. The number of carbonyl (C=O) groups is 1. The van der Waals surface area contributed by atoms with Crippen LogP contribution in [0.5, 0.6) is 0 Å². The number of hydrogen-bond acceptors (Lipinski definition) is 3. The maximum absolute atomic E-state index is 11.5. The van der Waals surface area contributed by atoms with Gasteiger partial charge in [-0.05, 0) is 24.6 Å². The molecule has 20 heavy (non-hydrogen) atoms. The highest BCUT2D eigenvalue weighted by molar-refractivity contribution is 5.74. The number of nitrogens with one attached hydrogen (secondary N) is 2. The van der Waals surface area contributed by atoms with E-state index in [4.69, 9.17) is 0 Å². The fourth-order valence-corrected chi connectivity index (χ4v) is 1.75. The van der Waals surface area contributed by atoms with Gasteiger partial charge >= 0.3 is 6.03 Å². The number of nitrogens with zero attached hydrogens (tertiary/aromatic N) is 3. The highest BCUT2D eigenvalue weighted by atomic mass is 16.2. The number of benzene rings is 1. The highest BCUT2D eigenvalue weighted by Gasteiger charge is 2.08. The average molecular weight is 271 g/mol. The van der Waals surface area contributed by atoms with E-state index in [1.54, 1.807) is 17.1 Å². The molecule has 1 aromatic carbocycles. The number of carbonyl (C=O) groups excluding carboxylic acids is 1. The predicted molar refractivity (Wildman–Crippen MR) is 76.5 cm³/mol. The Morgan fingerprint density at radius 1 is 1.45 bits per heavy atom.